The van der Waals surface area contributed by atoms with Crippen molar-refractivity contribution in [3.63, 3.8) is 0 Å². The van der Waals surface area contributed by atoms with Crippen LogP contribution in [0.3, 0.4) is 0 Å². The summed E-state index contributed by atoms with van der Waals surface area (Å²) in [5.74, 6) is 0. The van der Waals surface area contributed by atoms with Crippen molar-refractivity contribution in [3.05, 3.63) is 158 Å². The fraction of sp³-hybridized carbons (Fsp3) is 0. The molecule has 1 aromatic heterocycles. The molecule has 0 N–H and O–H groups in total. The third-order valence-electron chi connectivity index (χ3n) is 8.86. The third kappa shape index (κ3) is 3.65. The highest BCUT2D eigenvalue weighted by atomic mass is 16.3. The number of furan rings is 1. The first-order valence-electron chi connectivity index (χ1n) is 14.8. The molecule has 0 saturated carbocycles. The Morgan fingerprint density at radius 2 is 0.907 bits per heavy atom. The van der Waals surface area contributed by atoms with Gasteiger partial charge in [0, 0.05) is 21.9 Å². The Hall–Kier alpha value is -5.66. The van der Waals surface area contributed by atoms with E-state index in [1.54, 1.807) is 0 Å². The van der Waals surface area contributed by atoms with E-state index in [-0.39, 0.29) is 0 Å². The van der Waals surface area contributed by atoms with Crippen molar-refractivity contribution in [1.29, 1.82) is 0 Å². The van der Waals surface area contributed by atoms with Crippen molar-refractivity contribution in [2.45, 2.75) is 0 Å². The molecule has 0 bridgehead atoms. The van der Waals surface area contributed by atoms with Crippen LogP contribution in [0.25, 0.3) is 87.6 Å². The van der Waals surface area contributed by atoms with Crippen LogP contribution in [-0.2, 0) is 0 Å². The smallest absolute Gasteiger partial charge is 0.143 e. The number of para-hydroxylation sites is 2. The normalized spacial score (nSPS) is 11.7. The molecule has 0 unspecified atom stereocenters. The number of benzene rings is 8. The first-order valence-corrected chi connectivity index (χ1v) is 14.8. The first kappa shape index (κ1) is 24.0. The predicted molar refractivity (Wildman–Crippen MR) is 183 cm³/mol. The summed E-state index contributed by atoms with van der Waals surface area (Å²) in [4.78, 5) is 0. The lowest BCUT2D eigenvalue weighted by Crippen LogP contribution is -1.92. The van der Waals surface area contributed by atoms with E-state index in [9.17, 15) is 0 Å². The lowest BCUT2D eigenvalue weighted by Gasteiger charge is -2.19. The second-order valence-electron chi connectivity index (χ2n) is 11.2. The van der Waals surface area contributed by atoms with E-state index in [4.69, 9.17) is 4.42 Å². The molecule has 9 rings (SSSR count). The zero-order chi connectivity index (χ0) is 28.3. The second kappa shape index (κ2) is 9.44. The molecule has 1 nitrogen and oxygen atoms in total. The van der Waals surface area contributed by atoms with Crippen molar-refractivity contribution in [2.75, 3.05) is 0 Å². The maximum Gasteiger partial charge on any atom is 0.143 e. The van der Waals surface area contributed by atoms with E-state index >= 15 is 0 Å². The van der Waals surface area contributed by atoms with E-state index in [1.807, 2.05) is 6.07 Å². The molecular weight excluding hydrogens is 520 g/mol. The Bertz CT molecular complexity index is 2490. The summed E-state index contributed by atoms with van der Waals surface area (Å²) in [5, 5.41) is 9.70. The monoisotopic (exact) mass is 546 g/mol. The summed E-state index contributed by atoms with van der Waals surface area (Å²) < 4.78 is 6.62. The Morgan fingerprint density at radius 1 is 0.326 bits per heavy atom. The standard InChI is InChI=1S/C42H26O/c1-2-12-27(13-3-1)29-24-25-35-38(26-29)41(37-22-11-21-36-31-17-8-9-23-39(31)43-42(36)37)34-19-7-6-18-33(34)40(35)32-20-10-15-28-14-4-5-16-30(28)32/h1-26H. The molecule has 1 heteroatoms. The minimum Gasteiger partial charge on any atom is -0.455 e. The van der Waals surface area contributed by atoms with Crippen molar-refractivity contribution in [2.24, 2.45) is 0 Å². The highest BCUT2D eigenvalue weighted by molar-refractivity contribution is 6.26. The molecule has 9 aromatic rings. The molecule has 0 aliphatic carbocycles. The molecule has 0 amide bonds. The summed E-state index contributed by atoms with van der Waals surface area (Å²) in [7, 11) is 0. The van der Waals surface area contributed by atoms with Crippen LogP contribution in [0.4, 0.5) is 0 Å². The molecule has 0 saturated heterocycles. The SMILES string of the molecule is c1ccc(-c2ccc3c(-c4cccc5ccccc45)c4ccccc4c(-c4cccc5c4oc4ccccc45)c3c2)cc1. The second-order valence-corrected chi connectivity index (χ2v) is 11.2. The number of rotatable bonds is 3. The Balaban J connectivity index is 1.48. The van der Waals surface area contributed by atoms with Crippen molar-refractivity contribution < 1.29 is 4.42 Å². The minimum absolute atomic E-state index is 0.913. The zero-order valence-corrected chi connectivity index (χ0v) is 23.4. The van der Waals surface area contributed by atoms with Gasteiger partial charge in [0.05, 0.1) is 0 Å². The molecule has 0 spiro atoms. The molecule has 0 fully saturated rings. The number of hydrogen-bond donors (Lipinski definition) is 0. The predicted octanol–water partition coefficient (Wildman–Crippen LogP) is 12.0. The summed E-state index contributed by atoms with van der Waals surface area (Å²) in [6, 6.07) is 56.8. The van der Waals surface area contributed by atoms with Crippen molar-refractivity contribution in [3.8, 4) is 33.4 Å². The van der Waals surface area contributed by atoms with Crippen LogP contribution in [0.2, 0.25) is 0 Å². The van der Waals surface area contributed by atoms with Gasteiger partial charge in [-0.2, -0.15) is 0 Å². The quantitative estimate of drug-likeness (QED) is 0.201. The van der Waals surface area contributed by atoms with Gasteiger partial charge in [-0.1, -0.05) is 146 Å². The van der Waals surface area contributed by atoms with Gasteiger partial charge in [-0.05, 0) is 66.7 Å². The Kier molecular flexibility index (Phi) is 5.27. The first-order chi connectivity index (χ1) is 21.3. The Morgan fingerprint density at radius 3 is 1.74 bits per heavy atom. The van der Waals surface area contributed by atoms with Gasteiger partial charge < -0.3 is 4.42 Å². The fourth-order valence-electron chi connectivity index (χ4n) is 6.96. The van der Waals surface area contributed by atoms with Gasteiger partial charge in [-0.15, -0.1) is 0 Å². The molecule has 8 aromatic carbocycles. The van der Waals surface area contributed by atoms with E-state index in [1.165, 1.54) is 60.1 Å². The fourth-order valence-corrected chi connectivity index (χ4v) is 6.96. The lowest BCUT2D eigenvalue weighted by molar-refractivity contribution is 0.670. The van der Waals surface area contributed by atoms with Crippen molar-refractivity contribution >= 4 is 54.3 Å². The van der Waals surface area contributed by atoms with Gasteiger partial charge in [-0.25, -0.2) is 0 Å². The van der Waals surface area contributed by atoms with Crippen LogP contribution in [0.5, 0.6) is 0 Å². The Labute approximate surface area is 249 Å². The van der Waals surface area contributed by atoms with E-state index in [0.717, 1.165) is 27.5 Å². The highest BCUT2D eigenvalue weighted by Crippen LogP contribution is 2.48. The molecule has 0 atom stereocenters. The maximum atomic E-state index is 6.62. The van der Waals surface area contributed by atoms with Gasteiger partial charge in [0.2, 0.25) is 0 Å². The van der Waals surface area contributed by atoms with Gasteiger partial charge in [0.15, 0.2) is 0 Å². The van der Waals surface area contributed by atoms with Gasteiger partial charge >= 0.3 is 0 Å². The van der Waals surface area contributed by atoms with Crippen molar-refractivity contribution in [1.82, 2.24) is 0 Å². The maximum absolute atomic E-state index is 6.62. The average molecular weight is 547 g/mol. The minimum atomic E-state index is 0.913. The summed E-state index contributed by atoms with van der Waals surface area (Å²) in [5.41, 5.74) is 9.08. The summed E-state index contributed by atoms with van der Waals surface area (Å²) in [6.07, 6.45) is 0. The number of hydrogen-bond acceptors (Lipinski definition) is 1. The number of fused-ring (bicyclic) bond motifs is 6. The molecule has 0 radical (unpaired) electrons. The third-order valence-corrected chi connectivity index (χ3v) is 8.86. The van der Waals surface area contributed by atoms with Gasteiger partial charge in [0.1, 0.15) is 11.2 Å². The summed E-state index contributed by atoms with van der Waals surface area (Å²) >= 11 is 0. The van der Waals surface area contributed by atoms with Gasteiger partial charge in [0.25, 0.3) is 0 Å². The van der Waals surface area contributed by atoms with Crippen LogP contribution < -0.4 is 0 Å². The van der Waals surface area contributed by atoms with Crippen LogP contribution in [-0.4, -0.2) is 0 Å². The van der Waals surface area contributed by atoms with Gasteiger partial charge in [-0.3, -0.25) is 0 Å². The van der Waals surface area contributed by atoms with Crippen LogP contribution >= 0.6 is 0 Å². The van der Waals surface area contributed by atoms with Crippen LogP contribution in [0.15, 0.2) is 162 Å². The van der Waals surface area contributed by atoms with E-state index < -0.39 is 0 Å². The van der Waals surface area contributed by atoms with Crippen LogP contribution in [0.1, 0.15) is 0 Å². The largest absolute Gasteiger partial charge is 0.455 e. The topological polar surface area (TPSA) is 13.1 Å². The highest BCUT2D eigenvalue weighted by Gasteiger charge is 2.21. The van der Waals surface area contributed by atoms with E-state index in [0.29, 0.717) is 0 Å². The molecule has 200 valence electrons. The van der Waals surface area contributed by atoms with E-state index in [2.05, 4.69) is 152 Å². The average Bonchev–Trinajstić information content (AvgIpc) is 3.46. The summed E-state index contributed by atoms with van der Waals surface area (Å²) in [6.45, 7) is 0. The lowest BCUT2D eigenvalue weighted by atomic mass is 9.83. The molecule has 0 aliphatic rings. The van der Waals surface area contributed by atoms with Crippen LogP contribution in [0, 0.1) is 0 Å². The molecule has 1 heterocycles. The molecule has 0 aliphatic heterocycles. The zero-order valence-electron chi connectivity index (χ0n) is 23.4. The molecule has 43 heavy (non-hydrogen) atoms. The molecular formula is C42H26O.